The molecule has 5 heteroatoms. The van der Waals surface area contributed by atoms with Gasteiger partial charge in [0.2, 0.25) is 0 Å². The summed E-state index contributed by atoms with van der Waals surface area (Å²) >= 11 is 3.35. The van der Waals surface area contributed by atoms with Gasteiger partial charge in [0.15, 0.2) is 0 Å². The molecule has 0 aromatic heterocycles. The summed E-state index contributed by atoms with van der Waals surface area (Å²) in [6.07, 6.45) is -0.762. The van der Waals surface area contributed by atoms with E-state index in [9.17, 15) is 10.3 Å². The lowest BCUT2D eigenvalue weighted by Crippen LogP contribution is -2.47. The van der Waals surface area contributed by atoms with Crippen LogP contribution in [0.5, 0.6) is 0 Å². The highest BCUT2D eigenvalue weighted by Gasteiger charge is 2.29. The SMILES string of the molecule is CC1C(O)Nc2cccc(Br)c2N1O. The Kier molecular flexibility index (Phi) is 2.38. The largest absolute Gasteiger partial charge is 0.372 e. The van der Waals surface area contributed by atoms with Crippen LogP contribution in [0.4, 0.5) is 11.4 Å². The topological polar surface area (TPSA) is 55.7 Å². The number of aliphatic hydroxyl groups excluding tert-OH is 1. The molecule has 0 bridgehead atoms. The number of para-hydroxylation sites is 1. The summed E-state index contributed by atoms with van der Waals surface area (Å²) in [6, 6.07) is 5.11. The Morgan fingerprint density at radius 3 is 2.93 bits per heavy atom. The highest BCUT2D eigenvalue weighted by atomic mass is 79.9. The van der Waals surface area contributed by atoms with E-state index in [1.807, 2.05) is 12.1 Å². The molecule has 14 heavy (non-hydrogen) atoms. The van der Waals surface area contributed by atoms with Crippen molar-refractivity contribution in [2.75, 3.05) is 10.4 Å². The second kappa shape index (κ2) is 3.42. The Morgan fingerprint density at radius 2 is 2.21 bits per heavy atom. The summed E-state index contributed by atoms with van der Waals surface area (Å²) in [6.45, 7) is 1.74. The van der Waals surface area contributed by atoms with Gasteiger partial charge in [-0.3, -0.25) is 5.21 Å². The van der Waals surface area contributed by atoms with Crippen molar-refractivity contribution in [1.29, 1.82) is 0 Å². The van der Waals surface area contributed by atoms with Gasteiger partial charge >= 0.3 is 0 Å². The Hall–Kier alpha value is -0.780. The van der Waals surface area contributed by atoms with Crippen LogP contribution >= 0.6 is 15.9 Å². The van der Waals surface area contributed by atoms with Crippen molar-refractivity contribution < 1.29 is 10.3 Å². The number of nitrogens with zero attached hydrogens (tertiary/aromatic N) is 1. The number of nitrogens with one attached hydrogen (secondary N) is 1. The van der Waals surface area contributed by atoms with Gasteiger partial charge in [-0.2, -0.15) is 0 Å². The van der Waals surface area contributed by atoms with Gasteiger partial charge in [0, 0.05) is 4.47 Å². The molecule has 0 radical (unpaired) electrons. The Bertz CT molecular complexity index is 359. The first-order valence-electron chi connectivity index (χ1n) is 4.32. The van der Waals surface area contributed by atoms with E-state index >= 15 is 0 Å². The number of aliphatic hydroxyl groups is 1. The van der Waals surface area contributed by atoms with E-state index < -0.39 is 6.23 Å². The third kappa shape index (κ3) is 1.37. The average molecular weight is 259 g/mol. The van der Waals surface area contributed by atoms with Crippen molar-refractivity contribution in [3.8, 4) is 0 Å². The molecule has 0 aliphatic carbocycles. The Labute approximate surface area is 90.2 Å². The minimum atomic E-state index is -0.762. The van der Waals surface area contributed by atoms with Crippen molar-refractivity contribution in [3.63, 3.8) is 0 Å². The second-order valence-electron chi connectivity index (χ2n) is 3.31. The molecule has 0 saturated carbocycles. The van der Waals surface area contributed by atoms with Gasteiger partial charge in [-0.05, 0) is 35.0 Å². The molecular weight excluding hydrogens is 248 g/mol. The first kappa shape index (κ1) is 9.76. The van der Waals surface area contributed by atoms with E-state index in [0.29, 0.717) is 11.4 Å². The molecule has 1 aliphatic rings. The van der Waals surface area contributed by atoms with Crippen LogP contribution in [0.1, 0.15) is 6.92 Å². The van der Waals surface area contributed by atoms with Gasteiger partial charge in [-0.25, -0.2) is 5.06 Å². The number of hydrogen-bond acceptors (Lipinski definition) is 4. The van der Waals surface area contributed by atoms with Gasteiger partial charge in [-0.15, -0.1) is 0 Å². The molecule has 4 nitrogen and oxygen atoms in total. The molecule has 3 N–H and O–H groups in total. The van der Waals surface area contributed by atoms with Gasteiger partial charge in [0.25, 0.3) is 0 Å². The number of benzene rings is 1. The fraction of sp³-hybridized carbons (Fsp3) is 0.333. The van der Waals surface area contributed by atoms with E-state index in [4.69, 9.17) is 0 Å². The van der Waals surface area contributed by atoms with Crippen LogP contribution in [-0.2, 0) is 0 Å². The van der Waals surface area contributed by atoms with Crippen LogP contribution in [-0.4, -0.2) is 22.6 Å². The fourth-order valence-corrected chi connectivity index (χ4v) is 2.03. The van der Waals surface area contributed by atoms with Gasteiger partial charge in [0.05, 0.1) is 11.7 Å². The number of halogens is 1. The average Bonchev–Trinajstić information content (AvgIpc) is 2.14. The predicted molar refractivity (Wildman–Crippen MR) is 57.5 cm³/mol. The molecule has 0 fully saturated rings. The maximum Gasteiger partial charge on any atom is 0.147 e. The van der Waals surface area contributed by atoms with E-state index in [1.165, 1.54) is 0 Å². The zero-order chi connectivity index (χ0) is 10.3. The lowest BCUT2D eigenvalue weighted by atomic mass is 10.1. The standard InChI is InChI=1S/C9H11BrN2O2/c1-5-9(13)11-7-4-2-3-6(10)8(7)12(5)14/h2-5,9,11,13-14H,1H3. The summed E-state index contributed by atoms with van der Waals surface area (Å²) in [7, 11) is 0. The minimum absolute atomic E-state index is 0.374. The number of anilines is 2. The molecule has 0 spiro atoms. The van der Waals surface area contributed by atoms with E-state index in [2.05, 4.69) is 21.2 Å². The third-order valence-electron chi connectivity index (χ3n) is 2.36. The van der Waals surface area contributed by atoms with Gasteiger partial charge in [0.1, 0.15) is 11.9 Å². The second-order valence-corrected chi connectivity index (χ2v) is 4.16. The molecule has 1 heterocycles. The lowest BCUT2D eigenvalue weighted by molar-refractivity contribution is 0.108. The van der Waals surface area contributed by atoms with Crippen molar-refractivity contribution in [1.82, 2.24) is 0 Å². The number of fused-ring (bicyclic) bond motifs is 1. The van der Waals surface area contributed by atoms with Crippen molar-refractivity contribution >= 4 is 27.3 Å². The lowest BCUT2D eigenvalue weighted by Gasteiger charge is -2.36. The molecule has 76 valence electrons. The van der Waals surface area contributed by atoms with Gasteiger partial charge < -0.3 is 10.4 Å². The van der Waals surface area contributed by atoms with Crippen LogP contribution in [0.2, 0.25) is 0 Å². The molecular formula is C9H11BrN2O2. The van der Waals surface area contributed by atoms with Crippen molar-refractivity contribution in [3.05, 3.63) is 22.7 Å². The summed E-state index contributed by atoms with van der Waals surface area (Å²) in [4.78, 5) is 0. The summed E-state index contributed by atoms with van der Waals surface area (Å²) in [5.41, 5.74) is 1.37. The zero-order valence-electron chi connectivity index (χ0n) is 7.61. The van der Waals surface area contributed by atoms with Crippen molar-refractivity contribution in [2.45, 2.75) is 19.2 Å². The minimum Gasteiger partial charge on any atom is -0.372 e. The molecule has 2 atom stereocenters. The first-order valence-corrected chi connectivity index (χ1v) is 5.12. The summed E-state index contributed by atoms with van der Waals surface area (Å²) in [5, 5.41) is 23.3. The van der Waals surface area contributed by atoms with Crippen LogP contribution in [0.15, 0.2) is 22.7 Å². The Morgan fingerprint density at radius 1 is 1.50 bits per heavy atom. The normalized spacial score (nSPS) is 25.6. The molecule has 2 rings (SSSR count). The first-order chi connectivity index (χ1) is 6.61. The van der Waals surface area contributed by atoms with Crippen molar-refractivity contribution in [2.24, 2.45) is 0 Å². The smallest absolute Gasteiger partial charge is 0.147 e. The molecule has 1 aromatic rings. The molecule has 1 aliphatic heterocycles. The summed E-state index contributed by atoms with van der Waals surface area (Å²) < 4.78 is 0.795. The van der Waals surface area contributed by atoms with Crippen LogP contribution in [0.3, 0.4) is 0 Å². The maximum atomic E-state index is 9.78. The zero-order valence-corrected chi connectivity index (χ0v) is 9.19. The van der Waals surface area contributed by atoms with Crippen LogP contribution in [0, 0.1) is 0 Å². The van der Waals surface area contributed by atoms with Crippen LogP contribution in [0.25, 0.3) is 0 Å². The predicted octanol–water partition coefficient (Wildman–Crippen LogP) is 1.78. The summed E-state index contributed by atoms with van der Waals surface area (Å²) in [5.74, 6) is 0. The number of rotatable bonds is 0. The number of hydrogen-bond donors (Lipinski definition) is 3. The highest BCUT2D eigenvalue weighted by Crippen LogP contribution is 2.37. The quantitative estimate of drug-likeness (QED) is 0.664. The Balaban J connectivity index is 2.51. The van der Waals surface area contributed by atoms with E-state index in [-0.39, 0.29) is 6.04 Å². The molecule has 0 amide bonds. The molecule has 2 unspecified atom stereocenters. The van der Waals surface area contributed by atoms with E-state index in [1.54, 1.807) is 13.0 Å². The maximum absolute atomic E-state index is 9.78. The third-order valence-corrected chi connectivity index (χ3v) is 3.00. The fourth-order valence-electron chi connectivity index (χ4n) is 1.48. The molecule has 1 aromatic carbocycles. The van der Waals surface area contributed by atoms with Gasteiger partial charge in [-0.1, -0.05) is 6.07 Å². The molecule has 0 saturated heterocycles. The monoisotopic (exact) mass is 258 g/mol. The number of hydroxylamine groups is 1. The van der Waals surface area contributed by atoms with Crippen LogP contribution < -0.4 is 10.4 Å². The highest BCUT2D eigenvalue weighted by molar-refractivity contribution is 9.10. The van der Waals surface area contributed by atoms with E-state index in [0.717, 1.165) is 9.54 Å².